The summed E-state index contributed by atoms with van der Waals surface area (Å²) in [6, 6.07) is 7.69. The largest absolute Gasteiger partial charge is 0.381 e. The molecular formula is C13H16N4O2S. The highest BCUT2D eigenvalue weighted by molar-refractivity contribution is 7.91. The van der Waals surface area contributed by atoms with Gasteiger partial charge in [-0.2, -0.15) is 5.10 Å². The van der Waals surface area contributed by atoms with Gasteiger partial charge in [-0.1, -0.05) is 12.1 Å². The minimum Gasteiger partial charge on any atom is -0.381 e. The van der Waals surface area contributed by atoms with Crippen molar-refractivity contribution in [3.05, 3.63) is 30.1 Å². The van der Waals surface area contributed by atoms with Crippen molar-refractivity contribution in [3.63, 3.8) is 0 Å². The molecule has 1 unspecified atom stereocenters. The summed E-state index contributed by atoms with van der Waals surface area (Å²) in [5, 5.41) is 10.2. The molecule has 1 fully saturated rings. The van der Waals surface area contributed by atoms with Crippen LogP contribution in [-0.2, 0) is 9.84 Å². The summed E-state index contributed by atoms with van der Waals surface area (Å²) in [5.74, 6) is 1.88. The van der Waals surface area contributed by atoms with Crippen molar-refractivity contribution in [1.29, 1.82) is 0 Å². The van der Waals surface area contributed by atoms with Crippen LogP contribution < -0.4 is 5.32 Å². The normalized spacial score (nSPS) is 20.9. The standard InChI is InChI=1S/C13H16N4O2S/c1-9-14-13(17-16-9)10-3-2-4-11(7-10)15-12-5-6-20(18,19)8-12/h2-4,7,12,15H,5-6,8H2,1H3,(H,14,16,17). The van der Waals surface area contributed by atoms with E-state index in [4.69, 9.17) is 0 Å². The molecule has 1 aromatic carbocycles. The first-order valence-electron chi connectivity index (χ1n) is 6.48. The fourth-order valence-electron chi connectivity index (χ4n) is 2.36. The van der Waals surface area contributed by atoms with Gasteiger partial charge in [0.1, 0.15) is 5.82 Å². The summed E-state index contributed by atoms with van der Waals surface area (Å²) in [6.07, 6.45) is 0.659. The van der Waals surface area contributed by atoms with Crippen LogP contribution in [0.4, 0.5) is 5.69 Å². The van der Waals surface area contributed by atoms with Crippen molar-refractivity contribution in [3.8, 4) is 11.4 Å². The minimum atomic E-state index is -2.87. The van der Waals surface area contributed by atoms with Crippen molar-refractivity contribution in [2.45, 2.75) is 19.4 Å². The minimum absolute atomic E-state index is 0.0101. The van der Waals surface area contributed by atoms with E-state index >= 15 is 0 Å². The van der Waals surface area contributed by atoms with Crippen LogP contribution in [-0.4, -0.2) is 41.1 Å². The molecule has 1 aliphatic heterocycles. The number of hydrogen-bond acceptors (Lipinski definition) is 5. The van der Waals surface area contributed by atoms with Gasteiger partial charge in [-0.15, -0.1) is 0 Å². The summed E-state index contributed by atoms with van der Waals surface area (Å²) >= 11 is 0. The van der Waals surface area contributed by atoms with Crippen LogP contribution in [0.25, 0.3) is 11.4 Å². The molecule has 106 valence electrons. The zero-order valence-electron chi connectivity index (χ0n) is 11.1. The Balaban J connectivity index is 1.78. The van der Waals surface area contributed by atoms with E-state index in [-0.39, 0.29) is 17.5 Å². The molecule has 1 aromatic heterocycles. The smallest absolute Gasteiger partial charge is 0.181 e. The van der Waals surface area contributed by atoms with Crippen molar-refractivity contribution in [2.75, 3.05) is 16.8 Å². The van der Waals surface area contributed by atoms with Crippen LogP contribution in [0.2, 0.25) is 0 Å². The molecule has 0 saturated carbocycles. The predicted octanol–water partition coefficient (Wildman–Crippen LogP) is 1.38. The predicted molar refractivity (Wildman–Crippen MR) is 77.2 cm³/mol. The van der Waals surface area contributed by atoms with Gasteiger partial charge in [0.25, 0.3) is 0 Å². The first-order valence-corrected chi connectivity index (χ1v) is 8.30. The van der Waals surface area contributed by atoms with E-state index in [1.165, 1.54) is 0 Å². The molecule has 1 atom stereocenters. The summed E-state index contributed by atoms with van der Waals surface area (Å²) in [5.41, 5.74) is 1.80. The number of nitrogens with zero attached hydrogens (tertiary/aromatic N) is 2. The van der Waals surface area contributed by atoms with Gasteiger partial charge in [-0.3, -0.25) is 5.10 Å². The van der Waals surface area contributed by atoms with E-state index in [0.29, 0.717) is 12.2 Å². The quantitative estimate of drug-likeness (QED) is 0.892. The Labute approximate surface area is 117 Å². The van der Waals surface area contributed by atoms with Crippen LogP contribution in [0.3, 0.4) is 0 Å². The number of benzene rings is 1. The maximum Gasteiger partial charge on any atom is 0.181 e. The van der Waals surface area contributed by atoms with Crippen LogP contribution in [0.15, 0.2) is 24.3 Å². The van der Waals surface area contributed by atoms with Gasteiger partial charge < -0.3 is 5.32 Å². The molecule has 7 heteroatoms. The second-order valence-corrected chi connectivity index (χ2v) is 7.30. The zero-order valence-corrected chi connectivity index (χ0v) is 11.9. The van der Waals surface area contributed by atoms with Gasteiger partial charge in [0.05, 0.1) is 11.5 Å². The monoisotopic (exact) mass is 292 g/mol. The van der Waals surface area contributed by atoms with E-state index in [1.54, 1.807) is 0 Å². The summed E-state index contributed by atoms with van der Waals surface area (Å²) in [6.45, 7) is 1.85. The van der Waals surface area contributed by atoms with Gasteiger partial charge in [0.15, 0.2) is 15.7 Å². The lowest BCUT2D eigenvalue weighted by Gasteiger charge is -2.12. The number of anilines is 1. The summed E-state index contributed by atoms with van der Waals surface area (Å²) in [7, 11) is -2.87. The Morgan fingerprint density at radius 1 is 1.40 bits per heavy atom. The number of hydrogen-bond donors (Lipinski definition) is 2. The first kappa shape index (κ1) is 13.1. The topological polar surface area (TPSA) is 87.7 Å². The first-order chi connectivity index (χ1) is 9.52. The SMILES string of the molecule is Cc1nc(-c2cccc(NC3CCS(=O)(=O)C3)c2)n[nH]1. The van der Waals surface area contributed by atoms with Gasteiger partial charge >= 0.3 is 0 Å². The molecule has 2 heterocycles. The van der Waals surface area contributed by atoms with Crippen LogP contribution in [0.5, 0.6) is 0 Å². The molecular weight excluding hydrogens is 276 g/mol. The van der Waals surface area contributed by atoms with E-state index in [1.807, 2.05) is 31.2 Å². The third kappa shape index (κ3) is 2.82. The summed E-state index contributed by atoms with van der Waals surface area (Å²) < 4.78 is 22.9. The number of aromatic amines is 1. The Kier molecular flexibility index (Phi) is 3.21. The molecule has 0 bridgehead atoms. The number of sulfone groups is 1. The van der Waals surface area contributed by atoms with Gasteiger partial charge in [-0.05, 0) is 25.5 Å². The Morgan fingerprint density at radius 2 is 2.25 bits per heavy atom. The van der Waals surface area contributed by atoms with Crippen LogP contribution >= 0.6 is 0 Å². The Hall–Kier alpha value is -1.89. The molecule has 0 spiro atoms. The molecule has 1 saturated heterocycles. The lowest BCUT2D eigenvalue weighted by Crippen LogP contribution is -2.20. The van der Waals surface area contributed by atoms with Crippen LogP contribution in [0.1, 0.15) is 12.2 Å². The number of aromatic nitrogens is 3. The van der Waals surface area contributed by atoms with Gasteiger partial charge in [0.2, 0.25) is 0 Å². The van der Waals surface area contributed by atoms with Crippen molar-refractivity contribution < 1.29 is 8.42 Å². The van der Waals surface area contributed by atoms with Gasteiger partial charge in [0, 0.05) is 17.3 Å². The molecule has 6 nitrogen and oxygen atoms in total. The van der Waals surface area contributed by atoms with E-state index in [9.17, 15) is 8.42 Å². The molecule has 2 N–H and O–H groups in total. The summed E-state index contributed by atoms with van der Waals surface area (Å²) in [4.78, 5) is 4.29. The lowest BCUT2D eigenvalue weighted by atomic mass is 10.1. The number of rotatable bonds is 3. The van der Waals surface area contributed by atoms with E-state index in [0.717, 1.165) is 17.1 Å². The third-order valence-electron chi connectivity index (χ3n) is 3.32. The number of H-pyrrole nitrogens is 1. The number of nitrogens with one attached hydrogen (secondary N) is 2. The van der Waals surface area contributed by atoms with E-state index in [2.05, 4.69) is 20.5 Å². The molecule has 0 radical (unpaired) electrons. The zero-order chi connectivity index (χ0) is 14.2. The Morgan fingerprint density at radius 3 is 2.90 bits per heavy atom. The molecule has 1 aliphatic rings. The highest BCUT2D eigenvalue weighted by Crippen LogP contribution is 2.22. The van der Waals surface area contributed by atoms with Crippen molar-refractivity contribution >= 4 is 15.5 Å². The molecule has 3 rings (SSSR count). The fraction of sp³-hybridized carbons (Fsp3) is 0.385. The average Bonchev–Trinajstić information content (AvgIpc) is 2.96. The molecule has 0 amide bonds. The van der Waals surface area contributed by atoms with Crippen LogP contribution in [0, 0.1) is 6.92 Å². The Bertz CT molecular complexity index is 723. The van der Waals surface area contributed by atoms with Crippen molar-refractivity contribution in [1.82, 2.24) is 15.2 Å². The van der Waals surface area contributed by atoms with Crippen molar-refractivity contribution in [2.24, 2.45) is 0 Å². The highest BCUT2D eigenvalue weighted by Gasteiger charge is 2.27. The van der Waals surface area contributed by atoms with Gasteiger partial charge in [-0.25, -0.2) is 13.4 Å². The molecule has 20 heavy (non-hydrogen) atoms. The second kappa shape index (κ2) is 4.90. The molecule has 0 aliphatic carbocycles. The van der Waals surface area contributed by atoms with E-state index < -0.39 is 9.84 Å². The average molecular weight is 292 g/mol. The maximum absolute atomic E-state index is 11.5. The third-order valence-corrected chi connectivity index (χ3v) is 5.09. The number of aryl methyl sites for hydroxylation is 1. The second-order valence-electron chi connectivity index (χ2n) is 5.07. The highest BCUT2D eigenvalue weighted by atomic mass is 32.2. The molecule has 2 aromatic rings. The fourth-order valence-corrected chi connectivity index (χ4v) is 4.04. The maximum atomic E-state index is 11.5. The lowest BCUT2D eigenvalue weighted by molar-refractivity contribution is 0.602.